The number of hydrogen-bond donors (Lipinski definition) is 1. The van der Waals surface area contributed by atoms with Gasteiger partial charge in [0.1, 0.15) is 5.82 Å². The number of rotatable bonds is 5. The molecule has 1 atom stereocenters. The van der Waals surface area contributed by atoms with Crippen LogP contribution in [0.1, 0.15) is 37.8 Å². The van der Waals surface area contributed by atoms with Crippen molar-refractivity contribution in [2.45, 2.75) is 37.8 Å². The van der Waals surface area contributed by atoms with Crippen LogP contribution in [-0.2, 0) is 4.74 Å². The van der Waals surface area contributed by atoms with Gasteiger partial charge in [0, 0.05) is 19.7 Å². The van der Waals surface area contributed by atoms with E-state index in [2.05, 4.69) is 5.32 Å². The normalized spacial score (nSPS) is 19.3. The average molecular weight is 272 g/mol. The molecule has 2 rings (SSSR count). The first-order chi connectivity index (χ1) is 8.56. The highest BCUT2D eigenvalue weighted by atomic mass is 35.5. The smallest absolute Gasteiger partial charge is 0.141 e. The first kappa shape index (κ1) is 13.8. The maximum atomic E-state index is 13.1. The predicted octanol–water partition coefficient (Wildman–Crippen LogP) is 3.70. The Morgan fingerprint density at radius 3 is 2.72 bits per heavy atom. The number of hydrogen-bond acceptors (Lipinski definition) is 2. The largest absolute Gasteiger partial charge is 0.377 e. The summed E-state index contributed by atoms with van der Waals surface area (Å²) in [5, 5.41) is 3.61. The van der Waals surface area contributed by atoms with Crippen molar-refractivity contribution in [1.29, 1.82) is 0 Å². The van der Waals surface area contributed by atoms with Gasteiger partial charge in [-0.3, -0.25) is 0 Å². The van der Waals surface area contributed by atoms with Gasteiger partial charge in [0.15, 0.2) is 0 Å². The van der Waals surface area contributed by atoms with Gasteiger partial charge in [-0.05, 0) is 43.9 Å². The lowest BCUT2D eigenvalue weighted by molar-refractivity contribution is -0.0706. The van der Waals surface area contributed by atoms with Gasteiger partial charge < -0.3 is 10.1 Å². The number of ether oxygens (including phenoxy) is 1. The van der Waals surface area contributed by atoms with Crippen LogP contribution in [0.4, 0.5) is 4.39 Å². The molecule has 0 bridgehead atoms. The summed E-state index contributed by atoms with van der Waals surface area (Å²) < 4.78 is 18.6. The Morgan fingerprint density at radius 2 is 2.22 bits per heavy atom. The molecule has 0 spiro atoms. The molecule has 0 amide bonds. The van der Waals surface area contributed by atoms with Crippen molar-refractivity contribution in [3.05, 3.63) is 34.6 Å². The van der Waals surface area contributed by atoms with E-state index >= 15 is 0 Å². The predicted molar refractivity (Wildman–Crippen MR) is 71.4 cm³/mol. The van der Waals surface area contributed by atoms with Gasteiger partial charge >= 0.3 is 0 Å². The lowest BCUT2D eigenvalue weighted by Crippen LogP contribution is -2.48. The third-order valence-electron chi connectivity index (χ3n) is 3.87. The van der Waals surface area contributed by atoms with Crippen LogP contribution in [-0.4, -0.2) is 19.3 Å². The number of nitrogens with one attached hydrogen (secondary N) is 1. The second-order valence-electron chi connectivity index (χ2n) is 5.02. The van der Waals surface area contributed by atoms with Crippen LogP contribution in [0.5, 0.6) is 0 Å². The Balaban J connectivity index is 1.94. The lowest BCUT2D eigenvalue weighted by atomic mass is 9.80. The summed E-state index contributed by atoms with van der Waals surface area (Å²) in [6, 6.07) is 4.98. The van der Waals surface area contributed by atoms with Crippen molar-refractivity contribution >= 4 is 11.6 Å². The fourth-order valence-corrected chi connectivity index (χ4v) is 2.45. The molecule has 1 aromatic carbocycles. The Bertz CT molecular complexity index is 415. The third-order valence-corrected chi connectivity index (χ3v) is 4.16. The van der Waals surface area contributed by atoms with E-state index in [0.717, 1.165) is 24.9 Å². The van der Waals surface area contributed by atoms with Crippen molar-refractivity contribution in [2.24, 2.45) is 0 Å². The molecule has 1 N–H and O–H groups in total. The molecular weight excluding hydrogens is 253 g/mol. The van der Waals surface area contributed by atoms with E-state index in [1.165, 1.54) is 12.5 Å². The Hall–Kier alpha value is -0.640. The molecule has 0 aromatic heterocycles. The van der Waals surface area contributed by atoms with Crippen molar-refractivity contribution in [1.82, 2.24) is 5.32 Å². The second-order valence-corrected chi connectivity index (χ2v) is 5.42. The molecule has 1 fully saturated rings. The first-order valence-corrected chi connectivity index (χ1v) is 6.68. The third kappa shape index (κ3) is 2.85. The zero-order valence-electron chi connectivity index (χ0n) is 10.8. The molecule has 4 heteroatoms. The maximum absolute atomic E-state index is 13.1. The molecule has 2 nitrogen and oxygen atoms in total. The topological polar surface area (TPSA) is 21.3 Å². The molecule has 1 unspecified atom stereocenters. The van der Waals surface area contributed by atoms with Crippen molar-refractivity contribution < 1.29 is 9.13 Å². The fraction of sp³-hybridized carbons (Fsp3) is 0.571. The summed E-state index contributed by atoms with van der Waals surface area (Å²) in [5.41, 5.74) is 0.991. The molecule has 0 aliphatic heterocycles. The molecule has 0 saturated heterocycles. The summed E-state index contributed by atoms with van der Waals surface area (Å²) in [6.07, 6.45) is 3.44. The van der Waals surface area contributed by atoms with Crippen molar-refractivity contribution in [3.63, 3.8) is 0 Å². The molecule has 1 aliphatic rings. The molecule has 18 heavy (non-hydrogen) atoms. The van der Waals surface area contributed by atoms with Gasteiger partial charge in [0.2, 0.25) is 0 Å². The average Bonchev–Trinajstić information content (AvgIpc) is 2.31. The molecule has 1 aromatic rings. The van der Waals surface area contributed by atoms with Crippen LogP contribution >= 0.6 is 11.6 Å². The number of benzene rings is 1. The van der Waals surface area contributed by atoms with E-state index in [-0.39, 0.29) is 22.5 Å². The SMILES string of the molecule is COC1(CNC(C)c2ccc(F)c(Cl)c2)CCC1. The van der Waals surface area contributed by atoms with E-state index < -0.39 is 0 Å². The minimum atomic E-state index is -0.375. The van der Waals surface area contributed by atoms with E-state index in [4.69, 9.17) is 16.3 Å². The van der Waals surface area contributed by atoms with Gasteiger partial charge in [-0.15, -0.1) is 0 Å². The van der Waals surface area contributed by atoms with Crippen LogP contribution < -0.4 is 5.32 Å². The molecule has 1 saturated carbocycles. The quantitative estimate of drug-likeness (QED) is 0.882. The highest BCUT2D eigenvalue weighted by Gasteiger charge is 2.36. The summed E-state index contributed by atoms with van der Waals surface area (Å²) in [5.74, 6) is -0.375. The molecule has 0 radical (unpaired) electrons. The first-order valence-electron chi connectivity index (χ1n) is 6.30. The fourth-order valence-electron chi connectivity index (χ4n) is 2.26. The van der Waals surface area contributed by atoms with Crippen LogP contribution in [0, 0.1) is 5.82 Å². The van der Waals surface area contributed by atoms with Crippen LogP contribution in [0.25, 0.3) is 0 Å². The minimum Gasteiger partial charge on any atom is -0.377 e. The van der Waals surface area contributed by atoms with Crippen LogP contribution in [0.15, 0.2) is 18.2 Å². The summed E-state index contributed by atoms with van der Waals surface area (Å²) in [7, 11) is 1.76. The van der Waals surface area contributed by atoms with Crippen LogP contribution in [0.3, 0.4) is 0 Å². The monoisotopic (exact) mass is 271 g/mol. The number of halogens is 2. The van der Waals surface area contributed by atoms with E-state index in [1.807, 2.05) is 6.92 Å². The molecule has 100 valence electrons. The van der Waals surface area contributed by atoms with Crippen LogP contribution in [0.2, 0.25) is 5.02 Å². The van der Waals surface area contributed by atoms with E-state index in [1.54, 1.807) is 19.2 Å². The zero-order valence-corrected chi connectivity index (χ0v) is 11.6. The highest BCUT2D eigenvalue weighted by molar-refractivity contribution is 6.30. The Labute approximate surface area is 112 Å². The zero-order chi connectivity index (χ0) is 13.2. The van der Waals surface area contributed by atoms with E-state index in [9.17, 15) is 4.39 Å². The summed E-state index contributed by atoms with van der Waals surface area (Å²) >= 11 is 5.79. The highest BCUT2D eigenvalue weighted by Crippen LogP contribution is 2.34. The van der Waals surface area contributed by atoms with Crippen molar-refractivity contribution in [3.8, 4) is 0 Å². The van der Waals surface area contributed by atoms with Gasteiger partial charge in [0.25, 0.3) is 0 Å². The molecular formula is C14H19ClFNO. The van der Waals surface area contributed by atoms with Gasteiger partial charge in [-0.1, -0.05) is 17.7 Å². The molecule has 0 heterocycles. The lowest BCUT2D eigenvalue weighted by Gasteiger charge is -2.41. The van der Waals surface area contributed by atoms with Gasteiger partial charge in [-0.25, -0.2) is 4.39 Å². The molecule has 1 aliphatic carbocycles. The second kappa shape index (κ2) is 5.55. The number of methoxy groups -OCH3 is 1. The Kier molecular flexibility index (Phi) is 4.25. The van der Waals surface area contributed by atoms with Gasteiger partial charge in [-0.2, -0.15) is 0 Å². The van der Waals surface area contributed by atoms with Crippen molar-refractivity contribution in [2.75, 3.05) is 13.7 Å². The van der Waals surface area contributed by atoms with Gasteiger partial charge in [0.05, 0.1) is 10.6 Å². The van der Waals surface area contributed by atoms with E-state index in [0.29, 0.717) is 0 Å². The maximum Gasteiger partial charge on any atom is 0.141 e. The minimum absolute atomic E-state index is 0.00190. The summed E-state index contributed by atoms with van der Waals surface area (Å²) in [6.45, 7) is 2.87. The Morgan fingerprint density at radius 1 is 1.50 bits per heavy atom. The standard InChI is InChI=1S/C14H19ClFNO/c1-10(11-4-5-13(16)12(15)8-11)17-9-14(18-2)6-3-7-14/h4-5,8,10,17H,3,6-7,9H2,1-2H3. The summed E-state index contributed by atoms with van der Waals surface area (Å²) in [4.78, 5) is 0.